The summed E-state index contributed by atoms with van der Waals surface area (Å²) in [6.45, 7) is 0.361. The molecule has 30 heavy (non-hydrogen) atoms. The molecule has 150 valence electrons. The third-order valence-electron chi connectivity index (χ3n) is 5.15. The quantitative estimate of drug-likeness (QED) is 0.502. The summed E-state index contributed by atoms with van der Waals surface area (Å²) in [6, 6.07) is 21.8. The maximum Gasteiger partial charge on any atom is 0.269 e. The number of rotatable bonds is 6. The van der Waals surface area contributed by atoms with E-state index in [0.717, 1.165) is 11.1 Å². The summed E-state index contributed by atoms with van der Waals surface area (Å²) < 4.78 is 0. The highest BCUT2D eigenvalue weighted by Gasteiger charge is 2.36. The highest BCUT2D eigenvalue weighted by molar-refractivity contribution is 6.03. The number of nitro benzene ring substituents is 1. The zero-order valence-electron chi connectivity index (χ0n) is 16.0. The number of fused-ring (bicyclic) bond motifs is 1. The highest BCUT2D eigenvalue weighted by Crippen LogP contribution is 2.26. The second-order valence-electron chi connectivity index (χ2n) is 7.09. The van der Waals surface area contributed by atoms with Gasteiger partial charge < -0.3 is 10.2 Å². The molecule has 0 radical (unpaired) electrons. The fourth-order valence-corrected chi connectivity index (χ4v) is 3.60. The van der Waals surface area contributed by atoms with Gasteiger partial charge in [-0.2, -0.15) is 0 Å². The third kappa shape index (κ3) is 3.91. The average molecular weight is 401 g/mol. The first-order valence-electron chi connectivity index (χ1n) is 9.51. The zero-order valence-corrected chi connectivity index (χ0v) is 16.0. The van der Waals surface area contributed by atoms with E-state index in [0.29, 0.717) is 24.2 Å². The summed E-state index contributed by atoms with van der Waals surface area (Å²) in [6.07, 6.45) is 0.360. The molecule has 0 aromatic heterocycles. The van der Waals surface area contributed by atoms with Crippen LogP contribution in [0.5, 0.6) is 0 Å². The number of benzene rings is 3. The lowest BCUT2D eigenvalue weighted by atomic mass is 10.0. The van der Waals surface area contributed by atoms with E-state index in [1.54, 1.807) is 11.0 Å². The van der Waals surface area contributed by atoms with Crippen molar-refractivity contribution < 1.29 is 14.5 Å². The maximum absolute atomic E-state index is 13.2. The Bertz CT molecular complexity index is 1100. The van der Waals surface area contributed by atoms with Crippen molar-refractivity contribution in [2.24, 2.45) is 0 Å². The predicted molar refractivity (Wildman–Crippen MR) is 112 cm³/mol. The predicted octanol–water partition coefficient (Wildman–Crippen LogP) is 3.80. The number of carbonyl (C=O) groups excluding carboxylic acids is 2. The standard InChI is InChI=1S/C23H19N3O4/c27-22(24-18-10-12-19(13-11-18)26(29)30)21(14-16-6-2-1-3-7-16)25-15-17-8-4-5-9-20(17)23(25)28/h1-13,21H,14-15H2,(H,24,27)/t21-/m1/s1. The Kier molecular flexibility index (Phi) is 5.26. The molecule has 0 fully saturated rings. The van der Waals surface area contributed by atoms with Crippen molar-refractivity contribution in [3.05, 3.63) is 106 Å². The largest absolute Gasteiger partial charge is 0.324 e. The van der Waals surface area contributed by atoms with E-state index >= 15 is 0 Å². The Hall–Kier alpha value is -4.00. The van der Waals surface area contributed by atoms with Crippen molar-refractivity contribution in [1.82, 2.24) is 4.90 Å². The van der Waals surface area contributed by atoms with Gasteiger partial charge >= 0.3 is 0 Å². The Morgan fingerprint density at radius 1 is 1.00 bits per heavy atom. The van der Waals surface area contributed by atoms with E-state index in [2.05, 4.69) is 5.32 Å². The molecule has 0 bridgehead atoms. The number of non-ortho nitro benzene ring substituents is 1. The maximum atomic E-state index is 13.2. The van der Waals surface area contributed by atoms with Crippen LogP contribution in [0.2, 0.25) is 0 Å². The molecule has 7 heteroatoms. The van der Waals surface area contributed by atoms with E-state index in [4.69, 9.17) is 0 Å². The number of nitrogens with one attached hydrogen (secondary N) is 1. The number of amides is 2. The minimum absolute atomic E-state index is 0.0565. The van der Waals surface area contributed by atoms with Crippen LogP contribution in [0.4, 0.5) is 11.4 Å². The molecule has 2 amide bonds. The lowest BCUT2D eigenvalue weighted by molar-refractivity contribution is -0.384. The smallest absolute Gasteiger partial charge is 0.269 e. The molecule has 7 nitrogen and oxygen atoms in total. The first kappa shape index (κ1) is 19.3. The number of hydrogen-bond acceptors (Lipinski definition) is 4. The molecule has 1 N–H and O–H groups in total. The van der Waals surface area contributed by atoms with Crippen LogP contribution in [0, 0.1) is 10.1 Å². The van der Waals surface area contributed by atoms with Crippen molar-refractivity contribution >= 4 is 23.2 Å². The molecule has 1 atom stereocenters. The van der Waals surface area contributed by atoms with E-state index in [-0.39, 0.29) is 17.5 Å². The number of nitro groups is 1. The minimum Gasteiger partial charge on any atom is -0.324 e. The molecule has 4 rings (SSSR count). The lowest BCUT2D eigenvalue weighted by Crippen LogP contribution is -2.45. The molecular formula is C23H19N3O4. The van der Waals surface area contributed by atoms with Gasteiger partial charge in [0.05, 0.1) is 4.92 Å². The molecule has 0 unspecified atom stereocenters. The number of carbonyl (C=O) groups is 2. The molecule has 0 aliphatic carbocycles. The zero-order chi connectivity index (χ0) is 21.1. The Labute approximate surface area is 173 Å². The lowest BCUT2D eigenvalue weighted by Gasteiger charge is -2.27. The van der Waals surface area contributed by atoms with E-state index in [1.807, 2.05) is 48.5 Å². The average Bonchev–Trinajstić information content (AvgIpc) is 3.09. The number of anilines is 1. The molecule has 0 spiro atoms. The van der Waals surface area contributed by atoms with E-state index in [1.165, 1.54) is 24.3 Å². The molecule has 1 aliphatic rings. The summed E-state index contributed by atoms with van der Waals surface area (Å²) in [7, 11) is 0. The SMILES string of the molecule is O=C(Nc1ccc([N+](=O)[O-])cc1)[C@@H](Cc1ccccc1)N1Cc2ccccc2C1=O. The fourth-order valence-electron chi connectivity index (χ4n) is 3.60. The van der Waals surface area contributed by atoms with Gasteiger partial charge in [0.2, 0.25) is 5.91 Å². The Morgan fingerprint density at radius 2 is 1.67 bits per heavy atom. The Morgan fingerprint density at radius 3 is 2.33 bits per heavy atom. The van der Waals surface area contributed by atoms with Gasteiger partial charge in [-0.25, -0.2) is 0 Å². The van der Waals surface area contributed by atoms with Crippen LogP contribution in [0.3, 0.4) is 0 Å². The van der Waals surface area contributed by atoms with Crippen LogP contribution in [0.25, 0.3) is 0 Å². The summed E-state index contributed by atoms with van der Waals surface area (Å²) in [5, 5.41) is 13.6. The molecule has 1 aliphatic heterocycles. The van der Waals surface area contributed by atoms with Crippen LogP contribution < -0.4 is 5.32 Å². The van der Waals surface area contributed by atoms with Gasteiger partial charge in [-0.3, -0.25) is 19.7 Å². The summed E-state index contributed by atoms with van der Waals surface area (Å²) in [5.41, 5.74) is 2.82. The number of hydrogen-bond donors (Lipinski definition) is 1. The van der Waals surface area contributed by atoms with Crippen molar-refractivity contribution in [2.75, 3.05) is 5.32 Å². The molecule has 0 saturated carbocycles. The molecule has 0 saturated heterocycles. The second-order valence-corrected chi connectivity index (χ2v) is 7.09. The molecule has 3 aromatic rings. The molecule has 1 heterocycles. The van der Waals surface area contributed by atoms with Gasteiger partial charge in [-0.15, -0.1) is 0 Å². The van der Waals surface area contributed by atoms with Gasteiger partial charge in [0.1, 0.15) is 6.04 Å². The van der Waals surface area contributed by atoms with Gasteiger partial charge in [0, 0.05) is 36.3 Å². The van der Waals surface area contributed by atoms with Gasteiger partial charge in [-0.05, 0) is 29.3 Å². The van der Waals surface area contributed by atoms with E-state index < -0.39 is 11.0 Å². The van der Waals surface area contributed by atoms with Crippen LogP contribution in [-0.4, -0.2) is 27.7 Å². The summed E-state index contributed by atoms with van der Waals surface area (Å²) in [4.78, 5) is 38.1. The van der Waals surface area contributed by atoms with Crippen molar-refractivity contribution in [3.8, 4) is 0 Å². The van der Waals surface area contributed by atoms with Gasteiger partial charge in [-0.1, -0.05) is 48.5 Å². The van der Waals surface area contributed by atoms with Crippen LogP contribution in [0.15, 0.2) is 78.9 Å². The van der Waals surface area contributed by atoms with Crippen molar-refractivity contribution in [3.63, 3.8) is 0 Å². The molecular weight excluding hydrogens is 382 g/mol. The van der Waals surface area contributed by atoms with Gasteiger partial charge in [0.15, 0.2) is 0 Å². The van der Waals surface area contributed by atoms with Crippen molar-refractivity contribution in [1.29, 1.82) is 0 Å². The van der Waals surface area contributed by atoms with Crippen molar-refractivity contribution in [2.45, 2.75) is 19.0 Å². The first-order valence-corrected chi connectivity index (χ1v) is 9.51. The monoisotopic (exact) mass is 401 g/mol. The van der Waals surface area contributed by atoms with Crippen LogP contribution in [-0.2, 0) is 17.8 Å². The minimum atomic E-state index is -0.720. The van der Waals surface area contributed by atoms with Gasteiger partial charge in [0.25, 0.3) is 11.6 Å². The summed E-state index contributed by atoms with van der Waals surface area (Å²) in [5.74, 6) is -0.515. The van der Waals surface area contributed by atoms with Crippen LogP contribution in [0.1, 0.15) is 21.5 Å². The second kappa shape index (κ2) is 8.16. The fraction of sp³-hybridized carbons (Fsp3) is 0.130. The number of nitrogens with zero attached hydrogens (tertiary/aromatic N) is 2. The molecule has 3 aromatic carbocycles. The third-order valence-corrected chi connectivity index (χ3v) is 5.15. The topological polar surface area (TPSA) is 92.5 Å². The normalized spacial score (nSPS) is 13.6. The van der Waals surface area contributed by atoms with E-state index in [9.17, 15) is 19.7 Å². The Balaban J connectivity index is 1.59. The highest BCUT2D eigenvalue weighted by atomic mass is 16.6. The first-order chi connectivity index (χ1) is 14.5. The summed E-state index contributed by atoms with van der Waals surface area (Å²) >= 11 is 0. The van der Waals surface area contributed by atoms with Crippen LogP contribution >= 0.6 is 0 Å².